The summed E-state index contributed by atoms with van der Waals surface area (Å²) >= 11 is 0. The fourth-order valence-corrected chi connectivity index (χ4v) is 4.61. The van der Waals surface area contributed by atoms with Crippen LogP contribution in [0.1, 0.15) is 53.0 Å². The summed E-state index contributed by atoms with van der Waals surface area (Å²) in [6.45, 7) is 3.02. The number of amides is 2. The van der Waals surface area contributed by atoms with E-state index in [0.29, 0.717) is 46.4 Å². The van der Waals surface area contributed by atoms with Crippen LogP contribution in [0, 0.1) is 25.6 Å². The van der Waals surface area contributed by atoms with Gasteiger partial charge in [0, 0.05) is 29.8 Å². The number of rotatable bonds is 8. The molecule has 0 bridgehead atoms. The van der Waals surface area contributed by atoms with Gasteiger partial charge in [-0.25, -0.2) is 13.9 Å². The third-order valence-electron chi connectivity index (χ3n) is 6.90. The predicted molar refractivity (Wildman–Crippen MR) is 141 cm³/mol. The van der Waals surface area contributed by atoms with Gasteiger partial charge in [-0.2, -0.15) is 5.10 Å². The SMILES string of the molecule is Cc1nc(C)c(-c2ccc3nc(NC(=O)CC4CCC4)cn3n2)cc1C(=O)NCc1cc(OC(F)(F)F)ccc1F. The summed E-state index contributed by atoms with van der Waals surface area (Å²) in [5, 5.41) is 9.91. The molecule has 1 aliphatic carbocycles. The Hall–Kier alpha value is -4.55. The topological polar surface area (TPSA) is 111 Å². The molecule has 0 unspecified atom stereocenters. The summed E-state index contributed by atoms with van der Waals surface area (Å²) in [7, 11) is 0. The Labute approximate surface area is 231 Å². The first-order valence-electron chi connectivity index (χ1n) is 12.9. The van der Waals surface area contributed by atoms with Crippen molar-refractivity contribution in [3.8, 4) is 17.0 Å². The maximum Gasteiger partial charge on any atom is 0.573 e. The Morgan fingerprint density at radius 1 is 1.07 bits per heavy atom. The van der Waals surface area contributed by atoms with E-state index in [4.69, 9.17) is 0 Å². The number of imidazole rings is 1. The molecule has 5 rings (SSSR count). The molecule has 13 heteroatoms. The minimum Gasteiger partial charge on any atom is -0.406 e. The van der Waals surface area contributed by atoms with E-state index in [-0.39, 0.29) is 23.6 Å². The summed E-state index contributed by atoms with van der Waals surface area (Å²) in [4.78, 5) is 34.2. The van der Waals surface area contributed by atoms with E-state index in [2.05, 4.69) is 30.4 Å². The van der Waals surface area contributed by atoms with Crippen LogP contribution in [0.25, 0.3) is 16.9 Å². The number of aryl methyl sites for hydroxylation is 2. The largest absolute Gasteiger partial charge is 0.573 e. The molecule has 0 atom stereocenters. The van der Waals surface area contributed by atoms with Gasteiger partial charge in [-0.3, -0.25) is 14.6 Å². The molecule has 214 valence electrons. The molecule has 1 fully saturated rings. The van der Waals surface area contributed by atoms with E-state index >= 15 is 0 Å². The molecule has 4 aromatic rings. The van der Waals surface area contributed by atoms with E-state index in [1.807, 2.05) is 0 Å². The van der Waals surface area contributed by atoms with Gasteiger partial charge in [0.2, 0.25) is 5.91 Å². The number of anilines is 1. The van der Waals surface area contributed by atoms with Gasteiger partial charge in [-0.15, -0.1) is 13.2 Å². The molecule has 2 amide bonds. The molecule has 0 radical (unpaired) electrons. The number of hydrogen-bond donors (Lipinski definition) is 2. The lowest BCUT2D eigenvalue weighted by molar-refractivity contribution is -0.274. The Bertz CT molecular complexity index is 1630. The van der Waals surface area contributed by atoms with Gasteiger partial charge in [0.1, 0.15) is 11.6 Å². The number of fused-ring (bicyclic) bond motifs is 1. The summed E-state index contributed by atoms with van der Waals surface area (Å²) in [6, 6.07) is 7.60. The van der Waals surface area contributed by atoms with Crippen molar-refractivity contribution in [1.29, 1.82) is 0 Å². The minimum absolute atomic E-state index is 0.0907. The molecular weight excluding hydrogens is 544 g/mol. The highest BCUT2D eigenvalue weighted by Crippen LogP contribution is 2.30. The Morgan fingerprint density at radius 2 is 1.85 bits per heavy atom. The van der Waals surface area contributed by atoms with Crippen molar-refractivity contribution in [2.75, 3.05) is 5.32 Å². The minimum atomic E-state index is -4.93. The number of halogens is 4. The summed E-state index contributed by atoms with van der Waals surface area (Å²) in [5.74, 6) is -1.27. The van der Waals surface area contributed by atoms with Gasteiger partial charge >= 0.3 is 6.36 Å². The second kappa shape index (κ2) is 11.1. The van der Waals surface area contributed by atoms with Crippen LogP contribution in [0.2, 0.25) is 0 Å². The molecule has 0 aliphatic heterocycles. The number of alkyl halides is 3. The molecule has 2 N–H and O–H groups in total. The van der Waals surface area contributed by atoms with Crippen molar-refractivity contribution < 1.29 is 31.9 Å². The van der Waals surface area contributed by atoms with Gasteiger partial charge in [-0.1, -0.05) is 6.42 Å². The van der Waals surface area contributed by atoms with Crippen LogP contribution >= 0.6 is 0 Å². The highest BCUT2D eigenvalue weighted by Gasteiger charge is 2.31. The Kier molecular flexibility index (Phi) is 7.61. The molecule has 3 aromatic heterocycles. The molecular formula is C28H26F4N6O3. The molecule has 0 spiro atoms. The zero-order valence-corrected chi connectivity index (χ0v) is 22.2. The number of hydrogen-bond acceptors (Lipinski definition) is 6. The van der Waals surface area contributed by atoms with Crippen LogP contribution in [0.5, 0.6) is 5.75 Å². The molecule has 3 heterocycles. The van der Waals surface area contributed by atoms with Crippen LogP contribution in [0.15, 0.2) is 42.6 Å². The summed E-state index contributed by atoms with van der Waals surface area (Å²) < 4.78 is 57.2. The fourth-order valence-electron chi connectivity index (χ4n) is 4.61. The number of carbonyl (C=O) groups excluding carboxylic acids is 2. The standard InChI is InChI=1S/C28H26F4N6O3/c1-15-20(23-8-9-25-35-24(14-38(25)37-23)36-26(39)10-17-4-3-5-17)12-21(16(2)34-15)27(40)33-13-18-11-19(6-7-22(18)29)41-28(30,31)32/h6-9,11-12,14,17H,3-5,10,13H2,1-2H3,(H,33,40)(H,36,39). The van der Waals surface area contributed by atoms with Gasteiger partial charge in [-0.05, 0) is 69.0 Å². The number of pyridine rings is 1. The van der Waals surface area contributed by atoms with Gasteiger partial charge < -0.3 is 15.4 Å². The lowest BCUT2D eigenvalue weighted by atomic mass is 9.83. The quantitative estimate of drug-likeness (QED) is 0.271. The first-order valence-corrected chi connectivity index (χ1v) is 12.9. The maximum absolute atomic E-state index is 14.2. The third-order valence-corrected chi connectivity index (χ3v) is 6.90. The van der Waals surface area contributed by atoms with E-state index in [0.717, 1.165) is 37.5 Å². The highest BCUT2D eigenvalue weighted by atomic mass is 19.4. The lowest BCUT2D eigenvalue weighted by Crippen LogP contribution is -2.25. The fraction of sp³-hybridized carbons (Fsp3) is 0.321. The second-order valence-electron chi connectivity index (χ2n) is 9.93. The first kappa shape index (κ1) is 28.0. The zero-order valence-electron chi connectivity index (χ0n) is 22.2. The average molecular weight is 571 g/mol. The van der Waals surface area contributed by atoms with Crippen LogP contribution < -0.4 is 15.4 Å². The molecule has 1 aromatic carbocycles. The highest BCUT2D eigenvalue weighted by molar-refractivity contribution is 5.96. The number of carbonyl (C=O) groups is 2. The van der Waals surface area contributed by atoms with E-state index in [1.54, 1.807) is 38.2 Å². The molecule has 1 aliphatic rings. The van der Waals surface area contributed by atoms with Gasteiger partial charge in [0.15, 0.2) is 11.5 Å². The van der Waals surface area contributed by atoms with E-state index < -0.39 is 23.8 Å². The molecule has 1 saturated carbocycles. The van der Waals surface area contributed by atoms with Gasteiger partial charge in [0.05, 0.1) is 23.1 Å². The normalized spacial score (nSPS) is 13.6. The van der Waals surface area contributed by atoms with Crippen LogP contribution in [0.4, 0.5) is 23.4 Å². The Balaban J connectivity index is 1.33. The van der Waals surface area contributed by atoms with Crippen molar-refractivity contribution in [3.05, 3.63) is 70.9 Å². The smallest absolute Gasteiger partial charge is 0.406 e. The Morgan fingerprint density at radius 3 is 2.56 bits per heavy atom. The first-order chi connectivity index (χ1) is 19.4. The molecule has 0 saturated heterocycles. The number of aromatic nitrogens is 4. The van der Waals surface area contributed by atoms with Crippen molar-refractivity contribution in [2.24, 2.45) is 5.92 Å². The molecule has 41 heavy (non-hydrogen) atoms. The van der Waals surface area contributed by atoms with Crippen molar-refractivity contribution >= 4 is 23.3 Å². The lowest BCUT2D eigenvalue weighted by Gasteiger charge is -2.24. The zero-order chi connectivity index (χ0) is 29.3. The number of ether oxygens (including phenoxy) is 1. The average Bonchev–Trinajstić information content (AvgIpc) is 3.27. The third kappa shape index (κ3) is 6.61. The van der Waals surface area contributed by atoms with Crippen molar-refractivity contribution in [2.45, 2.75) is 52.4 Å². The molecule has 9 nitrogen and oxygen atoms in total. The van der Waals surface area contributed by atoms with Crippen LogP contribution in [-0.4, -0.2) is 37.8 Å². The summed E-state index contributed by atoms with van der Waals surface area (Å²) in [5.41, 5.74) is 2.57. The van der Waals surface area contributed by atoms with Gasteiger partial charge in [0.25, 0.3) is 5.91 Å². The van der Waals surface area contributed by atoms with E-state index in [1.165, 1.54) is 4.52 Å². The van der Waals surface area contributed by atoms with Crippen molar-refractivity contribution in [3.63, 3.8) is 0 Å². The second-order valence-corrected chi connectivity index (χ2v) is 9.93. The number of benzene rings is 1. The van der Waals surface area contributed by atoms with Crippen LogP contribution in [-0.2, 0) is 11.3 Å². The van der Waals surface area contributed by atoms with Crippen molar-refractivity contribution in [1.82, 2.24) is 24.9 Å². The number of nitrogens with zero attached hydrogens (tertiary/aromatic N) is 4. The monoisotopic (exact) mass is 570 g/mol. The van der Waals surface area contributed by atoms with E-state index in [9.17, 15) is 27.2 Å². The number of nitrogens with one attached hydrogen (secondary N) is 2. The predicted octanol–water partition coefficient (Wildman–Crippen LogP) is 5.50. The van der Waals surface area contributed by atoms with Crippen LogP contribution in [0.3, 0.4) is 0 Å². The summed E-state index contributed by atoms with van der Waals surface area (Å²) in [6.07, 6.45) is 0.419. The maximum atomic E-state index is 14.2.